The lowest BCUT2D eigenvalue weighted by Gasteiger charge is -2.31. The fourth-order valence-corrected chi connectivity index (χ4v) is 2.89. The maximum Gasteiger partial charge on any atom is 0.123 e. The van der Waals surface area contributed by atoms with Crippen molar-refractivity contribution in [2.24, 2.45) is 0 Å². The van der Waals surface area contributed by atoms with Gasteiger partial charge in [-0.25, -0.2) is 4.39 Å². The molecular formula is C17H18BrFO2. The Hall–Kier alpha value is -1.23. The van der Waals surface area contributed by atoms with Crippen LogP contribution in [0.4, 0.5) is 4.39 Å². The standard InChI is InChI=1S/C17H18BrFO2/c1-12-7-16(19)6-5-13(12)9-17(10-20,11-21)14-3-2-4-15(18)8-14/h2-8,20-21H,9-11H2,1H3. The van der Waals surface area contributed by atoms with Gasteiger partial charge in [-0.1, -0.05) is 34.1 Å². The van der Waals surface area contributed by atoms with Gasteiger partial charge in [-0.2, -0.15) is 0 Å². The first-order valence-corrected chi connectivity index (χ1v) is 7.53. The van der Waals surface area contributed by atoms with Gasteiger partial charge in [-0.05, 0) is 54.3 Å². The first kappa shape index (κ1) is 16.1. The molecule has 0 saturated heterocycles. The lowest BCUT2D eigenvalue weighted by molar-refractivity contribution is 0.116. The summed E-state index contributed by atoms with van der Waals surface area (Å²) in [6.07, 6.45) is 0.447. The average Bonchev–Trinajstić information content (AvgIpc) is 2.47. The second-order valence-electron chi connectivity index (χ2n) is 5.35. The molecule has 2 nitrogen and oxygen atoms in total. The SMILES string of the molecule is Cc1cc(F)ccc1CC(CO)(CO)c1cccc(Br)c1. The van der Waals surface area contributed by atoms with Gasteiger partial charge in [0.1, 0.15) is 5.82 Å². The lowest BCUT2D eigenvalue weighted by atomic mass is 9.76. The van der Waals surface area contributed by atoms with Crippen molar-refractivity contribution < 1.29 is 14.6 Å². The number of aliphatic hydroxyl groups excluding tert-OH is 2. The highest BCUT2D eigenvalue weighted by atomic mass is 79.9. The smallest absolute Gasteiger partial charge is 0.123 e. The highest BCUT2D eigenvalue weighted by Gasteiger charge is 2.32. The third-order valence-electron chi connectivity index (χ3n) is 3.88. The Bertz CT molecular complexity index is 624. The number of aryl methyl sites for hydroxylation is 1. The molecule has 2 rings (SSSR count). The third kappa shape index (κ3) is 3.51. The molecule has 112 valence electrons. The Morgan fingerprint density at radius 3 is 2.38 bits per heavy atom. The molecule has 0 aliphatic carbocycles. The van der Waals surface area contributed by atoms with Crippen molar-refractivity contribution in [3.05, 3.63) is 69.4 Å². The minimum atomic E-state index is -0.785. The Morgan fingerprint density at radius 2 is 1.81 bits per heavy atom. The Labute approximate surface area is 132 Å². The molecule has 0 unspecified atom stereocenters. The molecule has 0 spiro atoms. The van der Waals surface area contributed by atoms with Gasteiger partial charge in [0.05, 0.1) is 13.2 Å². The fraction of sp³-hybridized carbons (Fsp3) is 0.294. The van der Waals surface area contributed by atoms with Gasteiger partial charge in [0.2, 0.25) is 0 Å². The van der Waals surface area contributed by atoms with Crippen molar-refractivity contribution in [1.29, 1.82) is 0 Å². The van der Waals surface area contributed by atoms with Gasteiger partial charge < -0.3 is 10.2 Å². The van der Waals surface area contributed by atoms with E-state index in [1.54, 1.807) is 6.07 Å². The summed E-state index contributed by atoms with van der Waals surface area (Å²) < 4.78 is 14.1. The maximum absolute atomic E-state index is 13.2. The molecule has 0 amide bonds. The van der Waals surface area contributed by atoms with E-state index in [0.717, 1.165) is 21.2 Å². The molecule has 2 aromatic carbocycles. The molecule has 0 atom stereocenters. The van der Waals surface area contributed by atoms with E-state index in [1.165, 1.54) is 12.1 Å². The molecule has 0 aliphatic heterocycles. The molecule has 2 N–H and O–H groups in total. The van der Waals surface area contributed by atoms with Crippen LogP contribution in [0.15, 0.2) is 46.9 Å². The minimum absolute atomic E-state index is 0.184. The van der Waals surface area contributed by atoms with Gasteiger partial charge in [-0.15, -0.1) is 0 Å². The molecule has 0 bridgehead atoms. The monoisotopic (exact) mass is 352 g/mol. The summed E-state index contributed by atoms with van der Waals surface area (Å²) in [4.78, 5) is 0. The summed E-state index contributed by atoms with van der Waals surface area (Å²) in [6.45, 7) is 1.46. The molecule has 0 fully saturated rings. The summed E-state index contributed by atoms with van der Waals surface area (Å²) in [5.74, 6) is -0.280. The summed E-state index contributed by atoms with van der Waals surface area (Å²) >= 11 is 3.41. The van der Waals surface area contributed by atoms with Crippen LogP contribution in [-0.4, -0.2) is 23.4 Å². The Kier molecular flexibility index (Phi) is 5.14. The summed E-state index contributed by atoms with van der Waals surface area (Å²) in [5, 5.41) is 19.8. The predicted molar refractivity (Wildman–Crippen MR) is 84.8 cm³/mol. The number of rotatable bonds is 5. The Balaban J connectivity index is 2.43. The van der Waals surface area contributed by atoms with Gasteiger partial charge in [0.25, 0.3) is 0 Å². The largest absolute Gasteiger partial charge is 0.395 e. The van der Waals surface area contributed by atoms with Crippen LogP contribution in [-0.2, 0) is 11.8 Å². The van der Waals surface area contributed by atoms with E-state index in [4.69, 9.17) is 0 Å². The predicted octanol–water partition coefficient (Wildman–Crippen LogP) is 3.36. The fourth-order valence-electron chi connectivity index (χ4n) is 2.49. The molecule has 0 heterocycles. The number of benzene rings is 2. The molecule has 0 radical (unpaired) electrons. The first-order chi connectivity index (χ1) is 10.0. The summed E-state index contributed by atoms with van der Waals surface area (Å²) in [7, 11) is 0. The molecule has 21 heavy (non-hydrogen) atoms. The van der Waals surface area contributed by atoms with Crippen LogP contribution in [0, 0.1) is 12.7 Å². The van der Waals surface area contributed by atoms with Crippen molar-refractivity contribution in [2.45, 2.75) is 18.8 Å². The average molecular weight is 353 g/mol. The number of hydrogen-bond donors (Lipinski definition) is 2. The van der Waals surface area contributed by atoms with Crippen LogP contribution >= 0.6 is 15.9 Å². The van der Waals surface area contributed by atoms with E-state index in [2.05, 4.69) is 15.9 Å². The highest BCUT2D eigenvalue weighted by molar-refractivity contribution is 9.10. The molecule has 0 aliphatic rings. The van der Waals surface area contributed by atoms with E-state index in [9.17, 15) is 14.6 Å². The third-order valence-corrected chi connectivity index (χ3v) is 4.37. The number of hydrogen-bond acceptors (Lipinski definition) is 2. The van der Waals surface area contributed by atoms with Crippen molar-refractivity contribution in [3.8, 4) is 0 Å². The molecular weight excluding hydrogens is 335 g/mol. The lowest BCUT2D eigenvalue weighted by Crippen LogP contribution is -2.37. The van der Waals surface area contributed by atoms with E-state index in [0.29, 0.717) is 6.42 Å². The zero-order valence-electron chi connectivity index (χ0n) is 11.8. The van der Waals surface area contributed by atoms with E-state index in [1.807, 2.05) is 31.2 Å². The van der Waals surface area contributed by atoms with Crippen LogP contribution in [0.1, 0.15) is 16.7 Å². The summed E-state index contributed by atoms with van der Waals surface area (Å²) in [5.41, 5.74) is 1.80. The zero-order chi connectivity index (χ0) is 15.5. The van der Waals surface area contributed by atoms with Crippen LogP contribution in [0.5, 0.6) is 0 Å². The molecule has 2 aromatic rings. The molecule has 4 heteroatoms. The second-order valence-corrected chi connectivity index (χ2v) is 6.27. The van der Waals surface area contributed by atoms with E-state index >= 15 is 0 Å². The van der Waals surface area contributed by atoms with Gasteiger partial charge in [0.15, 0.2) is 0 Å². The Morgan fingerprint density at radius 1 is 1.10 bits per heavy atom. The molecule has 0 aromatic heterocycles. The van der Waals surface area contributed by atoms with Crippen molar-refractivity contribution >= 4 is 15.9 Å². The summed E-state index contributed by atoms with van der Waals surface area (Å²) in [6, 6.07) is 12.1. The van der Waals surface area contributed by atoms with Crippen LogP contribution in [0.3, 0.4) is 0 Å². The van der Waals surface area contributed by atoms with Crippen molar-refractivity contribution in [1.82, 2.24) is 0 Å². The quantitative estimate of drug-likeness (QED) is 0.866. The van der Waals surface area contributed by atoms with E-state index < -0.39 is 5.41 Å². The van der Waals surface area contributed by atoms with Crippen LogP contribution < -0.4 is 0 Å². The van der Waals surface area contributed by atoms with Crippen molar-refractivity contribution in [2.75, 3.05) is 13.2 Å². The van der Waals surface area contributed by atoms with Gasteiger partial charge in [-0.3, -0.25) is 0 Å². The minimum Gasteiger partial charge on any atom is -0.395 e. The van der Waals surface area contributed by atoms with Crippen LogP contribution in [0.2, 0.25) is 0 Å². The normalized spacial score (nSPS) is 11.7. The van der Waals surface area contributed by atoms with Crippen molar-refractivity contribution in [3.63, 3.8) is 0 Å². The van der Waals surface area contributed by atoms with Gasteiger partial charge in [0, 0.05) is 9.89 Å². The first-order valence-electron chi connectivity index (χ1n) is 6.73. The molecule has 0 saturated carbocycles. The highest BCUT2D eigenvalue weighted by Crippen LogP contribution is 2.31. The second kappa shape index (κ2) is 6.69. The van der Waals surface area contributed by atoms with E-state index in [-0.39, 0.29) is 19.0 Å². The van der Waals surface area contributed by atoms with Gasteiger partial charge >= 0.3 is 0 Å². The zero-order valence-corrected chi connectivity index (χ0v) is 13.4. The topological polar surface area (TPSA) is 40.5 Å². The maximum atomic E-state index is 13.2. The van der Waals surface area contributed by atoms with Crippen LogP contribution in [0.25, 0.3) is 0 Å². The number of aliphatic hydroxyl groups is 2. The number of halogens is 2.